The molecule has 1 heterocycles. The van der Waals surface area contributed by atoms with Crippen LogP contribution in [0.15, 0.2) is 0 Å². The molecule has 0 bridgehead atoms. The van der Waals surface area contributed by atoms with Crippen molar-refractivity contribution >= 4 is 23.8 Å². The Morgan fingerprint density at radius 3 is 2.41 bits per heavy atom. The summed E-state index contributed by atoms with van der Waals surface area (Å²) in [6.07, 6.45) is 3.54. The summed E-state index contributed by atoms with van der Waals surface area (Å²) in [5.41, 5.74) is 4.81. The molecule has 0 radical (unpaired) electrons. The summed E-state index contributed by atoms with van der Waals surface area (Å²) in [6.45, 7) is 5.89. The lowest BCUT2D eigenvalue weighted by Crippen LogP contribution is -2.55. The highest BCUT2D eigenvalue weighted by atomic mass is 16.6. The summed E-state index contributed by atoms with van der Waals surface area (Å²) >= 11 is 0. The molecule has 0 spiro atoms. The smallest absolute Gasteiger partial charge is 0.410 e. The number of rotatable bonds is 8. The van der Waals surface area contributed by atoms with E-state index in [0.717, 1.165) is 19.3 Å². The van der Waals surface area contributed by atoms with Gasteiger partial charge >= 0.3 is 6.09 Å². The first-order valence-corrected chi connectivity index (χ1v) is 10.3. The first-order chi connectivity index (χ1) is 13.5. The number of amides is 4. The quantitative estimate of drug-likeness (QED) is 0.547. The van der Waals surface area contributed by atoms with Gasteiger partial charge in [0.25, 0.3) is 0 Å². The zero-order valence-electron chi connectivity index (χ0n) is 17.8. The van der Waals surface area contributed by atoms with E-state index in [4.69, 9.17) is 10.5 Å². The highest BCUT2D eigenvalue weighted by Crippen LogP contribution is 2.35. The van der Waals surface area contributed by atoms with Crippen LogP contribution in [-0.2, 0) is 19.1 Å². The molecule has 1 saturated carbocycles. The number of nitrogens with two attached hydrogens (primary N) is 1. The van der Waals surface area contributed by atoms with Crippen LogP contribution in [0.5, 0.6) is 0 Å². The van der Waals surface area contributed by atoms with E-state index < -0.39 is 35.6 Å². The summed E-state index contributed by atoms with van der Waals surface area (Å²) in [7, 11) is 1.52. The van der Waals surface area contributed by atoms with Gasteiger partial charge in [-0.1, -0.05) is 12.8 Å². The average Bonchev–Trinajstić information content (AvgIpc) is 3.42. The Hall–Kier alpha value is -2.32. The van der Waals surface area contributed by atoms with Crippen LogP contribution in [0.1, 0.15) is 59.3 Å². The molecule has 4 amide bonds. The van der Waals surface area contributed by atoms with Gasteiger partial charge < -0.3 is 21.1 Å². The molecule has 3 atom stereocenters. The second-order valence-corrected chi connectivity index (χ2v) is 9.12. The summed E-state index contributed by atoms with van der Waals surface area (Å²) in [5, 5.41) is 5.44. The fraction of sp³-hybridized carbons (Fsp3) is 0.800. The van der Waals surface area contributed by atoms with E-state index >= 15 is 0 Å². The number of nitrogens with one attached hydrogen (secondary N) is 2. The maximum atomic E-state index is 13.0. The first kappa shape index (κ1) is 23.0. The molecular formula is C20H34N4O5. The van der Waals surface area contributed by atoms with Crippen LogP contribution in [0.25, 0.3) is 0 Å². The van der Waals surface area contributed by atoms with Crippen molar-refractivity contribution in [3.05, 3.63) is 0 Å². The van der Waals surface area contributed by atoms with Crippen molar-refractivity contribution in [3.63, 3.8) is 0 Å². The monoisotopic (exact) mass is 410 g/mol. The topological polar surface area (TPSA) is 131 Å². The third-order valence-corrected chi connectivity index (χ3v) is 5.28. The van der Waals surface area contributed by atoms with E-state index in [0.29, 0.717) is 25.3 Å². The van der Waals surface area contributed by atoms with E-state index in [2.05, 4.69) is 10.6 Å². The predicted molar refractivity (Wildman–Crippen MR) is 107 cm³/mol. The van der Waals surface area contributed by atoms with Gasteiger partial charge in [0.15, 0.2) is 0 Å². The van der Waals surface area contributed by atoms with Crippen LogP contribution >= 0.6 is 0 Å². The van der Waals surface area contributed by atoms with Crippen molar-refractivity contribution in [2.45, 2.75) is 77.0 Å². The molecule has 164 valence electrons. The average molecular weight is 411 g/mol. The molecule has 2 rings (SSSR count). The lowest BCUT2D eigenvalue weighted by Gasteiger charge is -2.31. The third kappa shape index (κ3) is 7.21. The Kier molecular flexibility index (Phi) is 7.48. The Morgan fingerprint density at radius 1 is 1.24 bits per heavy atom. The second-order valence-electron chi connectivity index (χ2n) is 9.12. The second kappa shape index (κ2) is 9.45. The van der Waals surface area contributed by atoms with E-state index in [1.54, 1.807) is 20.8 Å². The molecule has 29 heavy (non-hydrogen) atoms. The van der Waals surface area contributed by atoms with Gasteiger partial charge in [0.2, 0.25) is 17.7 Å². The summed E-state index contributed by atoms with van der Waals surface area (Å²) in [5.74, 6) is -1.27. The van der Waals surface area contributed by atoms with Crippen LogP contribution < -0.4 is 16.4 Å². The number of hydrogen-bond donors (Lipinski definition) is 3. The van der Waals surface area contributed by atoms with Crippen LogP contribution in [0.4, 0.5) is 4.79 Å². The molecule has 2 aliphatic rings. The van der Waals surface area contributed by atoms with Crippen molar-refractivity contribution in [3.8, 4) is 0 Å². The largest absolute Gasteiger partial charge is 0.444 e. The fourth-order valence-corrected chi connectivity index (χ4v) is 3.43. The van der Waals surface area contributed by atoms with Gasteiger partial charge in [0.1, 0.15) is 17.7 Å². The summed E-state index contributed by atoms with van der Waals surface area (Å²) < 4.78 is 5.38. The molecule has 0 aromatic heterocycles. The molecular weight excluding hydrogens is 376 g/mol. The molecule has 0 aromatic rings. The van der Waals surface area contributed by atoms with E-state index in [9.17, 15) is 19.2 Å². The minimum atomic E-state index is -0.968. The Morgan fingerprint density at radius 2 is 1.90 bits per heavy atom. The summed E-state index contributed by atoms with van der Waals surface area (Å²) in [6, 6.07) is -1.73. The van der Waals surface area contributed by atoms with Gasteiger partial charge in [-0.2, -0.15) is 0 Å². The maximum Gasteiger partial charge on any atom is 0.410 e. The zero-order valence-corrected chi connectivity index (χ0v) is 17.8. The molecule has 9 nitrogen and oxygen atoms in total. The molecule has 2 fully saturated rings. The Balaban J connectivity index is 2.06. The van der Waals surface area contributed by atoms with Crippen molar-refractivity contribution in [1.29, 1.82) is 0 Å². The molecule has 4 N–H and O–H groups in total. The molecule has 0 aromatic carbocycles. The van der Waals surface area contributed by atoms with Gasteiger partial charge in [0, 0.05) is 19.5 Å². The minimum absolute atomic E-state index is 0.128. The number of ether oxygens (including phenoxy) is 1. The van der Waals surface area contributed by atoms with Crippen LogP contribution in [0.3, 0.4) is 0 Å². The van der Waals surface area contributed by atoms with E-state index in [1.165, 1.54) is 11.9 Å². The van der Waals surface area contributed by atoms with Crippen molar-refractivity contribution in [2.24, 2.45) is 17.6 Å². The van der Waals surface area contributed by atoms with Crippen LogP contribution in [0.2, 0.25) is 0 Å². The van der Waals surface area contributed by atoms with Crippen molar-refractivity contribution < 1.29 is 23.9 Å². The van der Waals surface area contributed by atoms with Gasteiger partial charge in [-0.25, -0.2) is 4.79 Å². The summed E-state index contributed by atoms with van der Waals surface area (Å²) in [4.78, 5) is 50.7. The molecule has 9 heteroatoms. The maximum absolute atomic E-state index is 13.0. The fourth-order valence-electron chi connectivity index (χ4n) is 3.43. The predicted octanol–water partition coefficient (Wildman–Crippen LogP) is 0.908. The van der Waals surface area contributed by atoms with E-state index in [-0.39, 0.29) is 18.2 Å². The SMILES string of the molecule is CN(C(=O)OC(C)(C)C)[C@@H](CC1CC1)C(=O)N[C@@H](C[C@@H]1CCCNC1=O)C(N)=O. The molecule has 1 aliphatic carbocycles. The lowest BCUT2D eigenvalue weighted by atomic mass is 9.91. The zero-order chi connectivity index (χ0) is 21.8. The van der Waals surface area contributed by atoms with Crippen molar-refractivity contribution in [1.82, 2.24) is 15.5 Å². The standard InChI is InChI=1S/C20H34N4O5/c1-20(2,3)29-19(28)24(4)15(10-12-7-8-12)18(27)23-14(16(21)25)11-13-6-5-9-22-17(13)26/h12-15H,5-11H2,1-4H3,(H2,21,25)(H,22,26)(H,23,27)/t13-,14-,15-/m0/s1. The van der Waals surface area contributed by atoms with Gasteiger partial charge in [-0.05, 0) is 52.4 Å². The number of piperidine rings is 1. The number of primary amides is 1. The highest BCUT2D eigenvalue weighted by Gasteiger charge is 2.37. The molecule has 1 aliphatic heterocycles. The Bertz CT molecular complexity index is 641. The number of carbonyl (C=O) groups excluding carboxylic acids is 4. The number of carbonyl (C=O) groups is 4. The number of nitrogens with zero attached hydrogens (tertiary/aromatic N) is 1. The highest BCUT2D eigenvalue weighted by molar-refractivity contribution is 5.91. The van der Waals surface area contributed by atoms with Gasteiger partial charge in [-0.3, -0.25) is 19.3 Å². The van der Waals surface area contributed by atoms with Gasteiger partial charge in [0.05, 0.1) is 0 Å². The number of likely N-dealkylation sites (N-methyl/N-ethyl adjacent to an activating group) is 1. The van der Waals surface area contributed by atoms with E-state index in [1.807, 2.05) is 0 Å². The third-order valence-electron chi connectivity index (χ3n) is 5.28. The van der Waals surface area contributed by atoms with Crippen molar-refractivity contribution in [2.75, 3.05) is 13.6 Å². The lowest BCUT2D eigenvalue weighted by molar-refractivity contribution is -0.132. The van der Waals surface area contributed by atoms with Gasteiger partial charge in [-0.15, -0.1) is 0 Å². The molecule has 0 unspecified atom stereocenters. The normalized spacial score (nSPS) is 21.5. The first-order valence-electron chi connectivity index (χ1n) is 10.3. The minimum Gasteiger partial charge on any atom is -0.444 e. The van der Waals surface area contributed by atoms with Crippen LogP contribution in [0, 0.1) is 11.8 Å². The Labute approximate surface area is 172 Å². The molecule has 1 saturated heterocycles. The number of hydrogen-bond acceptors (Lipinski definition) is 5. The van der Waals surface area contributed by atoms with Crippen LogP contribution in [-0.4, -0.2) is 60.0 Å².